The largest absolute Gasteiger partial charge is 0.450 e. The summed E-state index contributed by atoms with van der Waals surface area (Å²) in [7, 11) is 1.80. The number of fused-ring (bicyclic) bond motifs is 1. The molecule has 0 saturated carbocycles. The number of rotatable bonds is 4. The molecule has 0 radical (unpaired) electrons. The highest BCUT2D eigenvalue weighted by molar-refractivity contribution is 14.0. The number of aromatic amines is 1. The zero-order chi connectivity index (χ0) is 19.2. The highest BCUT2D eigenvalue weighted by atomic mass is 127. The Morgan fingerprint density at radius 2 is 1.96 bits per heavy atom. The number of hydrogen-bond acceptors (Lipinski definition) is 3. The number of para-hydroxylation sites is 1. The molecule has 0 bridgehead atoms. The van der Waals surface area contributed by atoms with Gasteiger partial charge in [-0.25, -0.2) is 4.79 Å². The molecule has 0 spiro atoms. The van der Waals surface area contributed by atoms with Gasteiger partial charge >= 0.3 is 6.09 Å². The number of halogens is 1. The number of benzene rings is 1. The second-order valence-corrected chi connectivity index (χ2v) is 6.71. The summed E-state index contributed by atoms with van der Waals surface area (Å²) in [6, 6.07) is 6.39. The average Bonchev–Trinajstić information content (AvgIpc) is 3.10. The number of nitrogens with zero attached hydrogens (tertiary/aromatic N) is 3. The Morgan fingerprint density at radius 1 is 1.25 bits per heavy atom. The molecule has 8 heteroatoms. The van der Waals surface area contributed by atoms with Crippen molar-refractivity contribution >= 4 is 46.9 Å². The molecule has 1 aromatic carbocycles. The van der Waals surface area contributed by atoms with Crippen LogP contribution in [0.3, 0.4) is 0 Å². The monoisotopic (exact) mass is 499 g/mol. The van der Waals surface area contributed by atoms with Crippen LogP contribution in [0.2, 0.25) is 0 Å². The predicted octanol–water partition coefficient (Wildman–Crippen LogP) is 2.99. The Kier molecular flexibility index (Phi) is 8.40. The summed E-state index contributed by atoms with van der Waals surface area (Å²) in [5.41, 5.74) is 3.79. The number of aryl methyl sites for hydroxylation is 1. The first-order valence-electron chi connectivity index (χ1n) is 9.57. The van der Waals surface area contributed by atoms with E-state index in [-0.39, 0.29) is 30.1 Å². The van der Waals surface area contributed by atoms with Gasteiger partial charge in [0.25, 0.3) is 0 Å². The molecule has 1 amide bonds. The van der Waals surface area contributed by atoms with Crippen molar-refractivity contribution in [3.8, 4) is 0 Å². The van der Waals surface area contributed by atoms with Gasteiger partial charge in [-0.3, -0.25) is 4.99 Å². The number of nitrogens with one attached hydrogen (secondary N) is 2. The van der Waals surface area contributed by atoms with Crippen LogP contribution in [0.25, 0.3) is 10.9 Å². The number of carbonyl (C=O) groups is 1. The van der Waals surface area contributed by atoms with Crippen LogP contribution in [0.1, 0.15) is 18.1 Å². The number of aromatic nitrogens is 1. The van der Waals surface area contributed by atoms with Gasteiger partial charge in [-0.2, -0.15) is 0 Å². The number of piperazine rings is 1. The van der Waals surface area contributed by atoms with Gasteiger partial charge < -0.3 is 24.8 Å². The molecule has 3 rings (SSSR count). The zero-order valence-corrected chi connectivity index (χ0v) is 19.2. The maximum Gasteiger partial charge on any atom is 0.409 e. The minimum absolute atomic E-state index is 0. The van der Waals surface area contributed by atoms with Crippen LogP contribution in [0.15, 0.2) is 29.4 Å². The highest BCUT2D eigenvalue weighted by Gasteiger charge is 2.23. The SMILES string of the molecule is CCOC(=O)N1CCN(C(=NC)NCCc2c[nH]c3c(C)cccc23)CC1.I. The van der Waals surface area contributed by atoms with E-state index in [1.165, 1.54) is 22.0 Å². The molecule has 0 aliphatic carbocycles. The Morgan fingerprint density at radius 3 is 2.64 bits per heavy atom. The van der Waals surface area contributed by atoms with Crippen molar-refractivity contribution in [2.45, 2.75) is 20.3 Å². The number of amides is 1. The molecule has 28 heavy (non-hydrogen) atoms. The number of ether oxygens (including phenoxy) is 1. The van der Waals surface area contributed by atoms with Crippen LogP contribution < -0.4 is 5.32 Å². The first-order valence-corrected chi connectivity index (χ1v) is 9.57. The standard InChI is InChI=1S/C20H29N5O2.HI/c1-4-27-20(26)25-12-10-24(11-13-25)19(21-3)22-9-8-16-14-23-18-15(2)6-5-7-17(16)18;/h5-7,14,23H,4,8-13H2,1-3H3,(H,21,22);1H. The van der Waals surface area contributed by atoms with Crippen molar-refractivity contribution in [2.24, 2.45) is 4.99 Å². The molecule has 2 N–H and O–H groups in total. The van der Waals surface area contributed by atoms with E-state index in [0.717, 1.165) is 32.0 Å². The van der Waals surface area contributed by atoms with Crippen molar-refractivity contribution in [3.63, 3.8) is 0 Å². The van der Waals surface area contributed by atoms with E-state index < -0.39 is 0 Å². The van der Waals surface area contributed by atoms with Gasteiger partial charge in [-0.1, -0.05) is 18.2 Å². The lowest BCUT2D eigenvalue weighted by molar-refractivity contribution is 0.0915. The molecular formula is C20H30IN5O2. The van der Waals surface area contributed by atoms with E-state index in [0.29, 0.717) is 19.7 Å². The molecule has 0 unspecified atom stereocenters. The van der Waals surface area contributed by atoms with Crippen molar-refractivity contribution in [2.75, 3.05) is 46.4 Å². The van der Waals surface area contributed by atoms with Crippen LogP contribution in [-0.4, -0.2) is 73.2 Å². The summed E-state index contributed by atoms with van der Waals surface area (Å²) in [4.78, 5) is 23.5. The lowest BCUT2D eigenvalue weighted by Crippen LogP contribution is -2.54. The van der Waals surface area contributed by atoms with Crippen molar-refractivity contribution in [1.29, 1.82) is 0 Å². The maximum atomic E-state index is 11.8. The minimum Gasteiger partial charge on any atom is -0.450 e. The Bertz CT molecular complexity index is 812. The van der Waals surface area contributed by atoms with Crippen LogP contribution in [-0.2, 0) is 11.2 Å². The van der Waals surface area contributed by atoms with Gasteiger partial charge in [0, 0.05) is 56.9 Å². The van der Waals surface area contributed by atoms with E-state index >= 15 is 0 Å². The molecule has 2 heterocycles. The van der Waals surface area contributed by atoms with Gasteiger partial charge in [0.2, 0.25) is 0 Å². The van der Waals surface area contributed by atoms with Crippen LogP contribution in [0.5, 0.6) is 0 Å². The average molecular weight is 499 g/mol. The summed E-state index contributed by atoms with van der Waals surface area (Å²) in [5, 5.41) is 4.74. The molecular weight excluding hydrogens is 469 g/mol. The molecule has 7 nitrogen and oxygen atoms in total. The van der Waals surface area contributed by atoms with E-state index in [9.17, 15) is 4.79 Å². The van der Waals surface area contributed by atoms with E-state index in [1.54, 1.807) is 11.9 Å². The normalized spacial score (nSPS) is 14.8. The van der Waals surface area contributed by atoms with Crippen LogP contribution in [0.4, 0.5) is 4.79 Å². The van der Waals surface area contributed by atoms with Gasteiger partial charge in [0.1, 0.15) is 0 Å². The molecule has 1 saturated heterocycles. The first kappa shape index (κ1) is 22.3. The summed E-state index contributed by atoms with van der Waals surface area (Å²) in [6.07, 6.45) is 2.79. The van der Waals surface area contributed by atoms with Gasteiger partial charge in [-0.15, -0.1) is 24.0 Å². The molecule has 1 aliphatic heterocycles. The topological polar surface area (TPSA) is 73.0 Å². The molecule has 1 aromatic heterocycles. The fourth-order valence-electron chi connectivity index (χ4n) is 3.53. The number of carbonyl (C=O) groups excluding carboxylic acids is 1. The highest BCUT2D eigenvalue weighted by Crippen LogP contribution is 2.21. The molecule has 2 aromatic rings. The summed E-state index contributed by atoms with van der Waals surface area (Å²) < 4.78 is 5.07. The predicted molar refractivity (Wildman–Crippen MR) is 124 cm³/mol. The smallest absolute Gasteiger partial charge is 0.409 e. The second kappa shape index (κ2) is 10.5. The van der Waals surface area contributed by atoms with Gasteiger partial charge in [0.05, 0.1) is 6.61 Å². The van der Waals surface area contributed by atoms with Gasteiger partial charge in [0.15, 0.2) is 5.96 Å². The third-order valence-electron chi connectivity index (χ3n) is 5.00. The Hall–Kier alpha value is -1.97. The molecule has 0 atom stereocenters. The van der Waals surface area contributed by atoms with E-state index in [4.69, 9.17) is 4.74 Å². The third kappa shape index (κ3) is 5.09. The fourth-order valence-corrected chi connectivity index (χ4v) is 3.53. The van der Waals surface area contributed by atoms with E-state index in [1.807, 2.05) is 6.92 Å². The first-order chi connectivity index (χ1) is 13.1. The summed E-state index contributed by atoms with van der Waals surface area (Å²) >= 11 is 0. The number of aliphatic imine (C=N–C) groups is 1. The summed E-state index contributed by atoms with van der Waals surface area (Å²) in [5.74, 6) is 0.884. The lowest BCUT2D eigenvalue weighted by Gasteiger charge is -2.35. The third-order valence-corrected chi connectivity index (χ3v) is 5.00. The van der Waals surface area contributed by atoms with Gasteiger partial charge in [-0.05, 0) is 31.4 Å². The van der Waals surface area contributed by atoms with Crippen molar-refractivity contribution in [1.82, 2.24) is 20.1 Å². The summed E-state index contributed by atoms with van der Waals surface area (Å²) in [6.45, 7) is 7.99. The second-order valence-electron chi connectivity index (χ2n) is 6.71. The molecule has 154 valence electrons. The van der Waals surface area contributed by atoms with Crippen molar-refractivity contribution in [3.05, 3.63) is 35.5 Å². The maximum absolute atomic E-state index is 11.8. The quantitative estimate of drug-likeness (QED) is 0.386. The zero-order valence-electron chi connectivity index (χ0n) is 16.8. The van der Waals surface area contributed by atoms with E-state index in [2.05, 4.69) is 51.5 Å². The number of H-pyrrole nitrogens is 1. The Labute approximate surface area is 183 Å². The fraction of sp³-hybridized carbons (Fsp3) is 0.500. The Balaban J connectivity index is 0.00000280. The van der Waals surface area contributed by atoms with Crippen LogP contribution in [0, 0.1) is 6.92 Å². The lowest BCUT2D eigenvalue weighted by atomic mass is 10.1. The number of hydrogen-bond donors (Lipinski definition) is 2. The number of guanidine groups is 1. The van der Waals surface area contributed by atoms with Crippen LogP contribution >= 0.6 is 24.0 Å². The molecule has 1 aliphatic rings. The molecule has 1 fully saturated rings. The van der Waals surface area contributed by atoms with Crippen molar-refractivity contribution < 1.29 is 9.53 Å². The minimum atomic E-state index is -0.227.